The molecule has 13 aromatic rings. The van der Waals surface area contributed by atoms with Gasteiger partial charge in [0.1, 0.15) is 11.2 Å². The normalized spacial score (nSPS) is 12.0. The Kier molecular flexibility index (Phi) is 12.6. The van der Waals surface area contributed by atoms with Gasteiger partial charge in [0, 0.05) is 22.9 Å². The third-order valence-corrected chi connectivity index (χ3v) is 16.0. The number of nitrogens with zero attached hydrogens (tertiary/aromatic N) is 1. The van der Waals surface area contributed by atoms with Gasteiger partial charge in [-0.2, -0.15) is 4.67 Å². The van der Waals surface area contributed by atoms with E-state index in [1.54, 1.807) is 0 Å². The second-order valence-electron chi connectivity index (χ2n) is 19.8. The van der Waals surface area contributed by atoms with Crippen molar-refractivity contribution < 1.29 is 8.39 Å². The van der Waals surface area contributed by atoms with E-state index in [4.69, 9.17) is 8.39 Å². The molecule has 0 unspecified atom stereocenters. The van der Waals surface area contributed by atoms with Gasteiger partial charge in [0.25, 0.3) is 0 Å². The zero-order chi connectivity index (χ0) is 49.4. The quantitative estimate of drug-likeness (QED) is 0.157. The van der Waals surface area contributed by atoms with Gasteiger partial charge in [0.15, 0.2) is 0 Å². The van der Waals surface area contributed by atoms with Crippen LogP contribution in [0.25, 0.3) is 86.6 Å². The van der Waals surface area contributed by atoms with E-state index in [0.717, 1.165) is 32.7 Å². The van der Waals surface area contributed by atoms with Gasteiger partial charge in [-0.15, -0.1) is 0 Å². The van der Waals surface area contributed by atoms with E-state index in [1.807, 2.05) is 0 Å². The minimum Gasteiger partial charge on any atom is -0.408 e. The number of fused-ring (bicyclic) bond motifs is 11. The molecular formula is C68H57N2O2P. The van der Waals surface area contributed by atoms with Gasteiger partial charge in [0.05, 0.1) is 12.1 Å². The predicted octanol–water partition coefficient (Wildman–Crippen LogP) is 19.1. The zero-order valence-electron chi connectivity index (χ0n) is 41.6. The Bertz CT molecular complexity index is 3940. The molecular weight excluding hydrogens is 908 g/mol. The Morgan fingerprint density at radius 2 is 0.658 bits per heavy atom. The van der Waals surface area contributed by atoms with Crippen molar-refractivity contribution in [1.29, 1.82) is 0 Å². The van der Waals surface area contributed by atoms with Crippen LogP contribution in [0.2, 0.25) is 0 Å². The van der Waals surface area contributed by atoms with E-state index >= 15 is 0 Å². The first-order valence-electron chi connectivity index (χ1n) is 25.5. The summed E-state index contributed by atoms with van der Waals surface area (Å²) in [6, 6.07) is 87.8. The van der Waals surface area contributed by atoms with Crippen LogP contribution in [0.4, 0.5) is 0 Å². The molecule has 0 saturated heterocycles. The Balaban J connectivity index is 0.000000182. The van der Waals surface area contributed by atoms with Crippen LogP contribution < -0.4 is 9.99 Å². The molecule has 1 heterocycles. The fourth-order valence-corrected chi connectivity index (χ4v) is 12.5. The fraction of sp³-hybridized carbons (Fsp3) is 0.118. The maximum atomic E-state index is 7.19. The van der Waals surface area contributed by atoms with Crippen molar-refractivity contribution >= 4 is 94.7 Å². The van der Waals surface area contributed by atoms with E-state index in [-0.39, 0.29) is 18.1 Å². The Labute approximate surface area is 427 Å². The maximum Gasteiger partial charge on any atom is 0.310 e. The average molecular weight is 965 g/mol. The van der Waals surface area contributed by atoms with E-state index in [1.165, 1.54) is 76.1 Å². The molecule has 0 radical (unpaired) electrons. The fourth-order valence-electron chi connectivity index (χ4n) is 10.8. The van der Waals surface area contributed by atoms with E-state index in [9.17, 15) is 0 Å². The molecule has 0 amide bonds. The molecule has 12 aromatic carbocycles. The SMILES string of the molecule is CC(C)N(C(c1ccc2ccccc2c1)c1ccc2ccccc2c1)p1oc2ccc3ccccc3c2c2c(ccc3ccccc32)o1.CC(C)NC(c1ccc2ccccc2c1)c1ccc2ccccc2c1. The summed E-state index contributed by atoms with van der Waals surface area (Å²) in [7, 11) is -1.62. The van der Waals surface area contributed by atoms with Crippen LogP contribution in [0.5, 0.6) is 0 Å². The maximum absolute atomic E-state index is 7.19. The van der Waals surface area contributed by atoms with Crippen LogP contribution in [-0.2, 0) is 0 Å². The topological polar surface area (TPSA) is 41.6 Å². The highest BCUT2D eigenvalue weighted by Gasteiger charge is 2.31. The molecule has 0 saturated carbocycles. The minimum atomic E-state index is -1.62. The highest BCUT2D eigenvalue weighted by Crippen LogP contribution is 2.47. The number of hydrogen-bond acceptors (Lipinski definition) is 4. The van der Waals surface area contributed by atoms with Gasteiger partial charge in [-0.3, -0.25) is 0 Å². The Morgan fingerprint density at radius 3 is 1.03 bits per heavy atom. The van der Waals surface area contributed by atoms with Crippen LogP contribution in [-0.4, -0.2) is 12.1 Å². The Morgan fingerprint density at radius 1 is 0.342 bits per heavy atom. The molecule has 0 aliphatic carbocycles. The first-order chi connectivity index (χ1) is 35.8. The summed E-state index contributed by atoms with van der Waals surface area (Å²) in [6.45, 7) is 8.90. The molecule has 0 spiro atoms. The first-order valence-corrected chi connectivity index (χ1v) is 26.6. The molecule has 5 heteroatoms. The molecule has 0 bridgehead atoms. The lowest BCUT2D eigenvalue weighted by atomic mass is 9.94. The summed E-state index contributed by atoms with van der Waals surface area (Å²) in [5, 5.41) is 20.6. The van der Waals surface area contributed by atoms with Crippen molar-refractivity contribution in [1.82, 2.24) is 5.32 Å². The Hall–Kier alpha value is -7.98. The standard InChI is InChI=1S/C44H34NO2P.C24H23N/c1-29(2)45(44(36-21-19-30-11-3-5-15-34(30)27-36)37-22-20-31-12-4-6-16-35(31)28-37)48-46-40-25-23-32-13-7-9-17-38(32)42(40)43-39-18-10-8-14-33(39)24-26-41(43)47-48;1-17(2)25-24(22-13-11-18-7-3-5-9-20(18)15-22)23-14-12-19-8-4-6-10-21(19)16-23/h3-29,44H,1-2H3;3-17,24-25H,1-2H3. The lowest BCUT2D eigenvalue weighted by molar-refractivity contribution is 0.529. The summed E-state index contributed by atoms with van der Waals surface area (Å²) >= 11 is 0. The minimum absolute atomic E-state index is 0.0879. The monoisotopic (exact) mass is 964 g/mol. The molecule has 0 fully saturated rings. The summed E-state index contributed by atoms with van der Waals surface area (Å²) in [5.41, 5.74) is 6.71. The second-order valence-corrected chi connectivity index (χ2v) is 21.1. The van der Waals surface area contributed by atoms with Crippen LogP contribution in [0, 0.1) is 0 Å². The molecule has 0 aliphatic rings. The largest absolute Gasteiger partial charge is 0.408 e. The lowest BCUT2D eigenvalue weighted by Gasteiger charge is -2.32. The van der Waals surface area contributed by atoms with E-state index in [0.29, 0.717) is 6.04 Å². The number of nitrogens with one attached hydrogen (secondary N) is 1. The van der Waals surface area contributed by atoms with Crippen molar-refractivity contribution in [2.24, 2.45) is 0 Å². The predicted molar refractivity (Wildman–Crippen MR) is 312 cm³/mol. The van der Waals surface area contributed by atoms with E-state index in [2.05, 4.69) is 280 Å². The van der Waals surface area contributed by atoms with Gasteiger partial charge in [-0.1, -0.05) is 206 Å². The first kappa shape index (κ1) is 46.1. The number of rotatable bonds is 9. The summed E-state index contributed by atoms with van der Waals surface area (Å²) in [5.74, 6) is 0. The third-order valence-electron chi connectivity index (χ3n) is 14.3. The molecule has 1 N–H and O–H groups in total. The van der Waals surface area contributed by atoms with E-state index < -0.39 is 8.16 Å². The third kappa shape index (κ3) is 9.15. The lowest BCUT2D eigenvalue weighted by Crippen LogP contribution is -2.33. The van der Waals surface area contributed by atoms with Crippen molar-refractivity contribution in [3.8, 4) is 0 Å². The van der Waals surface area contributed by atoms with Crippen molar-refractivity contribution in [3.63, 3.8) is 0 Å². The molecule has 0 aliphatic heterocycles. The molecule has 4 nitrogen and oxygen atoms in total. The highest BCUT2D eigenvalue weighted by atomic mass is 31.1. The number of benzene rings is 12. The van der Waals surface area contributed by atoms with Crippen LogP contribution in [0.1, 0.15) is 62.0 Å². The average Bonchev–Trinajstić information content (AvgIpc) is 3.60. The second kappa shape index (κ2) is 19.9. The van der Waals surface area contributed by atoms with Crippen LogP contribution in [0.15, 0.2) is 251 Å². The van der Waals surface area contributed by atoms with Crippen LogP contribution in [0.3, 0.4) is 0 Å². The van der Waals surface area contributed by atoms with Crippen LogP contribution >= 0.6 is 8.16 Å². The molecule has 73 heavy (non-hydrogen) atoms. The van der Waals surface area contributed by atoms with Gasteiger partial charge < -0.3 is 13.7 Å². The molecule has 1 aromatic heterocycles. The van der Waals surface area contributed by atoms with Crippen molar-refractivity contribution in [3.05, 3.63) is 265 Å². The summed E-state index contributed by atoms with van der Waals surface area (Å²) in [4.78, 5) is 0. The summed E-state index contributed by atoms with van der Waals surface area (Å²) in [6.07, 6.45) is 0. The van der Waals surface area contributed by atoms with Crippen molar-refractivity contribution in [2.45, 2.75) is 51.9 Å². The van der Waals surface area contributed by atoms with Gasteiger partial charge in [-0.05, 0) is 151 Å². The highest BCUT2D eigenvalue weighted by molar-refractivity contribution is 7.39. The van der Waals surface area contributed by atoms with Gasteiger partial charge >= 0.3 is 8.16 Å². The number of hydrogen-bond donors (Lipinski definition) is 1. The molecule has 0 atom stereocenters. The van der Waals surface area contributed by atoms with Gasteiger partial charge in [-0.25, -0.2) is 0 Å². The van der Waals surface area contributed by atoms with Gasteiger partial charge in [0.2, 0.25) is 0 Å². The molecule has 13 rings (SSSR count). The smallest absolute Gasteiger partial charge is 0.310 e. The molecule has 356 valence electrons. The summed E-state index contributed by atoms with van der Waals surface area (Å²) < 4.78 is 16.8. The zero-order valence-corrected chi connectivity index (χ0v) is 42.5. The van der Waals surface area contributed by atoms with Crippen molar-refractivity contribution in [2.75, 3.05) is 4.67 Å².